The van der Waals surface area contributed by atoms with Gasteiger partial charge in [-0.15, -0.1) is 0 Å². The highest BCUT2D eigenvalue weighted by Crippen LogP contribution is 2.26. The van der Waals surface area contributed by atoms with Crippen LogP contribution in [0.25, 0.3) is 11.5 Å². The monoisotopic (exact) mass is 233 g/mol. The molecule has 1 aromatic heterocycles. The molecule has 1 heterocycles. The zero-order valence-corrected chi connectivity index (χ0v) is 7.47. The molecule has 2 N–H and O–H groups in total. The van der Waals surface area contributed by atoms with Crippen molar-refractivity contribution in [1.82, 2.24) is 10.1 Å². The Kier molecular flexibility index (Phi) is 2.26. The molecular weight excluding hydrogens is 230 g/mol. The lowest BCUT2D eigenvalue weighted by molar-refractivity contribution is 0.401. The number of benzene rings is 1. The first-order chi connectivity index (χ1) is 7.50. The maximum atomic E-state index is 13.2. The molecular formula is C8H3F4N3O. The lowest BCUT2D eigenvalue weighted by Crippen LogP contribution is -1.98. The van der Waals surface area contributed by atoms with Gasteiger partial charge in [-0.25, -0.2) is 17.6 Å². The lowest BCUT2D eigenvalue weighted by atomic mass is 10.2. The molecule has 0 spiro atoms. The van der Waals surface area contributed by atoms with Crippen LogP contribution >= 0.6 is 0 Å². The smallest absolute Gasteiger partial charge is 0.262 e. The Morgan fingerprint density at radius 1 is 1.06 bits per heavy atom. The van der Waals surface area contributed by atoms with E-state index in [9.17, 15) is 17.6 Å². The maximum absolute atomic E-state index is 13.2. The van der Waals surface area contributed by atoms with Crippen molar-refractivity contribution in [3.63, 3.8) is 0 Å². The molecule has 0 unspecified atom stereocenters. The van der Waals surface area contributed by atoms with Crippen LogP contribution in [0.3, 0.4) is 0 Å². The summed E-state index contributed by atoms with van der Waals surface area (Å²) < 4.78 is 55.8. The van der Waals surface area contributed by atoms with E-state index in [1.165, 1.54) is 0 Å². The predicted octanol–water partition coefficient (Wildman–Crippen LogP) is 1.88. The standard InChI is InChI=1S/C8H3F4N3O/c9-3-1-2(4(10)6(12)5(3)11)7-14-8(13)15-16-7/h1H,(H2,13,15). The van der Waals surface area contributed by atoms with Crippen molar-refractivity contribution >= 4 is 5.95 Å². The van der Waals surface area contributed by atoms with Crippen LogP contribution in [0.1, 0.15) is 0 Å². The van der Waals surface area contributed by atoms with Crippen molar-refractivity contribution < 1.29 is 22.1 Å². The fourth-order valence-electron chi connectivity index (χ4n) is 1.07. The van der Waals surface area contributed by atoms with Crippen LogP contribution in [-0.4, -0.2) is 10.1 Å². The Morgan fingerprint density at radius 2 is 1.75 bits per heavy atom. The summed E-state index contributed by atoms with van der Waals surface area (Å²) >= 11 is 0. The van der Waals surface area contributed by atoms with Gasteiger partial charge in [0.2, 0.25) is 0 Å². The SMILES string of the molecule is Nc1noc(-c2cc(F)c(F)c(F)c2F)n1. The van der Waals surface area contributed by atoms with Crippen molar-refractivity contribution in [2.24, 2.45) is 0 Å². The molecule has 0 atom stereocenters. The number of hydrogen-bond acceptors (Lipinski definition) is 4. The van der Waals surface area contributed by atoms with Crippen molar-refractivity contribution in [3.05, 3.63) is 29.3 Å². The van der Waals surface area contributed by atoms with E-state index in [0.717, 1.165) is 0 Å². The average molecular weight is 233 g/mol. The topological polar surface area (TPSA) is 64.9 Å². The molecule has 1 aromatic carbocycles. The van der Waals surface area contributed by atoms with Gasteiger partial charge < -0.3 is 10.3 Å². The third kappa shape index (κ3) is 1.47. The number of aromatic nitrogens is 2. The Morgan fingerprint density at radius 3 is 2.31 bits per heavy atom. The van der Waals surface area contributed by atoms with Gasteiger partial charge in [-0.3, -0.25) is 0 Å². The quantitative estimate of drug-likeness (QED) is 0.464. The minimum absolute atomic E-state index is 0.334. The minimum Gasteiger partial charge on any atom is -0.365 e. The molecule has 0 radical (unpaired) electrons. The number of anilines is 1. The third-order valence-electron chi connectivity index (χ3n) is 1.77. The molecule has 2 rings (SSSR count). The molecule has 0 aliphatic carbocycles. The van der Waals surface area contributed by atoms with Gasteiger partial charge in [0.1, 0.15) is 0 Å². The number of nitrogens with zero attached hydrogens (tertiary/aromatic N) is 2. The first kappa shape index (κ1) is 10.4. The van der Waals surface area contributed by atoms with E-state index in [1.807, 2.05) is 0 Å². The normalized spacial score (nSPS) is 10.8. The van der Waals surface area contributed by atoms with Gasteiger partial charge in [0.25, 0.3) is 11.8 Å². The zero-order valence-electron chi connectivity index (χ0n) is 7.47. The molecule has 0 aliphatic rings. The molecule has 0 aliphatic heterocycles. The zero-order chi connectivity index (χ0) is 11.9. The minimum atomic E-state index is -1.95. The fourth-order valence-corrected chi connectivity index (χ4v) is 1.07. The van der Waals surface area contributed by atoms with E-state index in [-0.39, 0.29) is 5.95 Å². The Balaban J connectivity index is 2.66. The van der Waals surface area contributed by atoms with Crippen molar-refractivity contribution in [2.75, 3.05) is 5.73 Å². The van der Waals surface area contributed by atoms with Crippen molar-refractivity contribution in [1.29, 1.82) is 0 Å². The molecule has 16 heavy (non-hydrogen) atoms. The maximum Gasteiger partial charge on any atom is 0.262 e. The second-order valence-corrected chi connectivity index (χ2v) is 2.81. The van der Waals surface area contributed by atoms with Crippen LogP contribution in [0.15, 0.2) is 10.6 Å². The number of halogens is 4. The Labute approximate surface area is 85.7 Å². The highest BCUT2D eigenvalue weighted by Gasteiger charge is 2.22. The second-order valence-electron chi connectivity index (χ2n) is 2.81. The van der Waals surface area contributed by atoms with Crippen LogP contribution in [0.2, 0.25) is 0 Å². The van der Waals surface area contributed by atoms with E-state index in [1.54, 1.807) is 0 Å². The Hall–Kier alpha value is -2.12. The van der Waals surface area contributed by atoms with Gasteiger partial charge in [0.15, 0.2) is 23.3 Å². The summed E-state index contributed by atoms with van der Waals surface area (Å²) in [7, 11) is 0. The third-order valence-corrected chi connectivity index (χ3v) is 1.77. The Bertz CT molecular complexity index is 554. The molecule has 0 fully saturated rings. The highest BCUT2D eigenvalue weighted by atomic mass is 19.2. The van der Waals surface area contributed by atoms with E-state index in [4.69, 9.17) is 5.73 Å². The molecule has 4 nitrogen and oxygen atoms in total. The van der Waals surface area contributed by atoms with Gasteiger partial charge in [0.05, 0.1) is 5.56 Å². The first-order valence-electron chi connectivity index (χ1n) is 3.93. The summed E-state index contributed by atoms with van der Waals surface area (Å²) in [5, 5.41) is 3.10. The number of hydrogen-bond donors (Lipinski definition) is 1. The molecule has 0 bridgehead atoms. The predicted molar refractivity (Wildman–Crippen MR) is 44.0 cm³/mol. The van der Waals surface area contributed by atoms with E-state index in [2.05, 4.69) is 14.7 Å². The van der Waals surface area contributed by atoms with Gasteiger partial charge in [-0.2, -0.15) is 4.98 Å². The molecule has 0 saturated heterocycles. The number of nitrogens with two attached hydrogens (primary N) is 1. The summed E-state index contributed by atoms with van der Waals surface area (Å²) in [5.74, 6) is -7.92. The highest BCUT2D eigenvalue weighted by molar-refractivity contribution is 5.55. The fraction of sp³-hybridized carbons (Fsp3) is 0. The lowest BCUT2D eigenvalue weighted by Gasteiger charge is -2.00. The van der Waals surface area contributed by atoms with Crippen LogP contribution in [0.4, 0.5) is 23.5 Å². The van der Waals surface area contributed by atoms with Crippen LogP contribution in [-0.2, 0) is 0 Å². The van der Waals surface area contributed by atoms with Crippen molar-refractivity contribution in [3.8, 4) is 11.5 Å². The molecule has 0 amide bonds. The first-order valence-corrected chi connectivity index (χ1v) is 3.93. The summed E-state index contributed by atoms with van der Waals surface area (Å²) in [5.41, 5.74) is 4.38. The van der Waals surface area contributed by atoms with Gasteiger partial charge in [-0.05, 0) is 11.2 Å². The summed E-state index contributed by atoms with van der Waals surface area (Å²) in [6.07, 6.45) is 0. The summed E-state index contributed by atoms with van der Waals surface area (Å²) in [6, 6.07) is 0.403. The van der Waals surface area contributed by atoms with Gasteiger partial charge in [-0.1, -0.05) is 0 Å². The summed E-state index contributed by atoms with van der Waals surface area (Å²) in [6.45, 7) is 0. The van der Waals surface area contributed by atoms with Crippen LogP contribution < -0.4 is 5.73 Å². The van der Waals surface area contributed by atoms with Crippen molar-refractivity contribution in [2.45, 2.75) is 0 Å². The number of rotatable bonds is 1. The van der Waals surface area contributed by atoms with E-state index < -0.39 is 34.7 Å². The number of nitrogen functional groups attached to an aromatic ring is 1. The van der Waals surface area contributed by atoms with Gasteiger partial charge >= 0.3 is 0 Å². The van der Waals surface area contributed by atoms with Crippen LogP contribution in [0, 0.1) is 23.3 Å². The largest absolute Gasteiger partial charge is 0.365 e. The molecule has 0 saturated carbocycles. The molecule has 2 aromatic rings. The van der Waals surface area contributed by atoms with Crippen LogP contribution in [0.5, 0.6) is 0 Å². The van der Waals surface area contributed by atoms with E-state index >= 15 is 0 Å². The molecule has 8 heteroatoms. The average Bonchev–Trinajstić information content (AvgIpc) is 2.67. The summed E-state index contributed by atoms with van der Waals surface area (Å²) in [4.78, 5) is 3.36. The van der Waals surface area contributed by atoms with E-state index in [0.29, 0.717) is 6.07 Å². The van der Waals surface area contributed by atoms with Gasteiger partial charge in [0, 0.05) is 0 Å². The molecule has 84 valence electrons. The second kappa shape index (κ2) is 3.47.